The summed E-state index contributed by atoms with van der Waals surface area (Å²) in [5.41, 5.74) is 1.86. The molecule has 1 saturated heterocycles. The van der Waals surface area contributed by atoms with Crippen LogP contribution in [0.4, 0.5) is 5.82 Å². The summed E-state index contributed by atoms with van der Waals surface area (Å²) in [5.74, 6) is 0.917. The van der Waals surface area contributed by atoms with Crippen LogP contribution < -0.4 is 10.2 Å². The normalized spacial score (nSPS) is 15.4. The van der Waals surface area contributed by atoms with Crippen molar-refractivity contribution >= 4 is 17.2 Å². The fraction of sp³-hybridized carbons (Fsp3) is 0.500. The lowest BCUT2D eigenvalue weighted by molar-refractivity contribution is -0.130. The van der Waals surface area contributed by atoms with Gasteiger partial charge < -0.3 is 15.1 Å². The van der Waals surface area contributed by atoms with Crippen molar-refractivity contribution in [2.24, 2.45) is 0 Å². The number of nitrogens with one attached hydrogen (secondary N) is 1. The maximum atomic E-state index is 12.3. The number of likely N-dealkylation sites (N-methyl/N-ethyl adjacent to an activating group) is 1. The van der Waals surface area contributed by atoms with E-state index in [1.165, 1.54) is 0 Å². The Morgan fingerprint density at radius 3 is 2.95 bits per heavy atom. The van der Waals surface area contributed by atoms with E-state index in [-0.39, 0.29) is 5.91 Å². The van der Waals surface area contributed by atoms with E-state index < -0.39 is 0 Å². The second kappa shape index (κ2) is 5.69. The molecule has 3 rings (SSSR count). The van der Waals surface area contributed by atoms with Crippen LogP contribution in [-0.4, -0.2) is 65.2 Å². The number of amides is 1. The third-order valence-electron chi connectivity index (χ3n) is 3.70. The molecule has 1 N–H and O–H groups in total. The van der Waals surface area contributed by atoms with E-state index in [0.29, 0.717) is 6.54 Å². The van der Waals surface area contributed by atoms with Crippen LogP contribution >= 0.6 is 0 Å². The zero-order valence-electron chi connectivity index (χ0n) is 12.4. The molecule has 0 spiro atoms. The van der Waals surface area contributed by atoms with Crippen molar-refractivity contribution in [2.45, 2.75) is 6.92 Å². The average Bonchev–Trinajstić information content (AvgIpc) is 2.87. The quantitative estimate of drug-likeness (QED) is 0.855. The molecule has 7 nitrogen and oxygen atoms in total. The van der Waals surface area contributed by atoms with E-state index in [1.54, 1.807) is 10.7 Å². The number of hydrogen-bond acceptors (Lipinski definition) is 5. The smallest absolute Gasteiger partial charge is 0.242 e. The third-order valence-corrected chi connectivity index (χ3v) is 3.70. The van der Waals surface area contributed by atoms with Gasteiger partial charge in [-0.15, -0.1) is 0 Å². The maximum Gasteiger partial charge on any atom is 0.242 e. The van der Waals surface area contributed by atoms with Gasteiger partial charge in [-0.3, -0.25) is 4.79 Å². The van der Waals surface area contributed by atoms with E-state index >= 15 is 0 Å². The molecule has 0 radical (unpaired) electrons. The average molecular weight is 288 g/mol. The first kappa shape index (κ1) is 13.8. The van der Waals surface area contributed by atoms with Crippen LogP contribution in [0.2, 0.25) is 0 Å². The summed E-state index contributed by atoms with van der Waals surface area (Å²) in [5, 5.41) is 7.62. The molecule has 7 heteroatoms. The zero-order chi connectivity index (χ0) is 14.8. The number of aromatic nitrogens is 3. The van der Waals surface area contributed by atoms with Gasteiger partial charge >= 0.3 is 0 Å². The fourth-order valence-electron chi connectivity index (χ4n) is 2.62. The maximum absolute atomic E-state index is 12.3. The van der Waals surface area contributed by atoms with Crippen molar-refractivity contribution in [3.05, 3.63) is 24.2 Å². The number of hydrogen-bond donors (Lipinski definition) is 1. The number of nitrogens with zero attached hydrogens (tertiary/aromatic N) is 5. The first-order valence-electron chi connectivity index (χ1n) is 7.16. The molecule has 0 aliphatic carbocycles. The summed E-state index contributed by atoms with van der Waals surface area (Å²) >= 11 is 0. The third kappa shape index (κ3) is 2.82. The van der Waals surface area contributed by atoms with E-state index in [2.05, 4.69) is 15.4 Å². The molecule has 0 aromatic carbocycles. The van der Waals surface area contributed by atoms with Crippen LogP contribution in [0.15, 0.2) is 18.5 Å². The van der Waals surface area contributed by atoms with Crippen LogP contribution in [0, 0.1) is 6.92 Å². The highest BCUT2D eigenvalue weighted by atomic mass is 16.2. The molecule has 1 aliphatic rings. The standard InChI is InChI=1S/C14H20N6O/c1-11-9-12-14(16-5-8-20(12)17-11)18(2)10-13(21)19-6-3-15-4-7-19/h5,8-9,15H,3-4,6-7,10H2,1-2H3. The molecule has 0 unspecified atom stereocenters. The number of anilines is 1. The number of rotatable bonds is 3. The Kier molecular flexibility index (Phi) is 3.74. The van der Waals surface area contributed by atoms with E-state index in [4.69, 9.17) is 0 Å². The first-order valence-corrected chi connectivity index (χ1v) is 7.16. The molecule has 0 atom stereocenters. The number of piperazine rings is 1. The molecule has 112 valence electrons. The molecule has 1 aliphatic heterocycles. The summed E-state index contributed by atoms with van der Waals surface area (Å²) in [7, 11) is 1.89. The van der Waals surface area contributed by atoms with Crippen LogP contribution in [0.1, 0.15) is 5.69 Å². The minimum atomic E-state index is 0.138. The molecule has 1 fully saturated rings. The minimum Gasteiger partial charge on any atom is -0.349 e. The largest absolute Gasteiger partial charge is 0.349 e. The predicted octanol–water partition coefficient (Wildman–Crippen LogP) is -0.0943. The van der Waals surface area contributed by atoms with Crippen LogP contribution in [0.25, 0.3) is 5.52 Å². The predicted molar refractivity (Wildman–Crippen MR) is 80.4 cm³/mol. The highest BCUT2D eigenvalue weighted by molar-refractivity contribution is 5.83. The van der Waals surface area contributed by atoms with E-state index in [9.17, 15) is 4.79 Å². The van der Waals surface area contributed by atoms with Crippen molar-refractivity contribution in [1.29, 1.82) is 0 Å². The van der Waals surface area contributed by atoms with Crippen molar-refractivity contribution in [3.63, 3.8) is 0 Å². The molecule has 0 bridgehead atoms. The molecular weight excluding hydrogens is 268 g/mol. The van der Waals surface area contributed by atoms with Gasteiger partial charge in [0.15, 0.2) is 5.82 Å². The summed E-state index contributed by atoms with van der Waals surface area (Å²) < 4.78 is 1.80. The Balaban J connectivity index is 1.77. The van der Waals surface area contributed by atoms with Crippen LogP contribution in [0.5, 0.6) is 0 Å². The Morgan fingerprint density at radius 2 is 2.19 bits per heavy atom. The number of carbonyl (C=O) groups is 1. The molecule has 3 heterocycles. The molecule has 2 aromatic heterocycles. The van der Waals surface area contributed by atoms with Gasteiger partial charge in [-0.05, 0) is 13.0 Å². The van der Waals surface area contributed by atoms with Gasteiger partial charge in [0, 0.05) is 45.6 Å². The number of fused-ring (bicyclic) bond motifs is 1. The van der Waals surface area contributed by atoms with Gasteiger partial charge in [0.05, 0.1) is 12.2 Å². The van der Waals surface area contributed by atoms with E-state index in [0.717, 1.165) is 43.2 Å². The number of aryl methyl sites for hydroxylation is 1. The van der Waals surface area contributed by atoms with Crippen molar-refractivity contribution in [1.82, 2.24) is 24.8 Å². The molecule has 21 heavy (non-hydrogen) atoms. The van der Waals surface area contributed by atoms with Crippen molar-refractivity contribution in [3.8, 4) is 0 Å². The van der Waals surface area contributed by atoms with E-state index in [1.807, 2.05) is 36.0 Å². The zero-order valence-corrected chi connectivity index (χ0v) is 12.4. The van der Waals surface area contributed by atoms with Crippen molar-refractivity contribution in [2.75, 3.05) is 44.7 Å². The first-order chi connectivity index (χ1) is 10.1. The Labute approximate surface area is 123 Å². The lowest BCUT2D eigenvalue weighted by atomic mass is 10.3. The fourth-order valence-corrected chi connectivity index (χ4v) is 2.62. The van der Waals surface area contributed by atoms with Crippen LogP contribution in [0.3, 0.4) is 0 Å². The second-order valence-electron chi connectivity index (χ2n) is 5.35. The van der Waals surface area contributed by atoms with Gasteiger partial charge in [0.25, 0.3) is 0 Å². The van der Waals surface area contributed by atoms with Gasteiger partial charge in [-0.1, -0.05) is 0 Å². The summed E-state index contributed by atoms with van der Waals surface area (Å²) in [6.45, 7) is 5.56. The Morgan fingerprint density at radius 1 is 1.43 bits per heavy atom. The van der Waals surface area contributed by atoms with Crippen LogP contribution in [-0.2, 0) is 4.79 Å². The topological polar surface area (TPSA) is 65.8 Å². The van der Waals surface area contributed by atoms with Gasteiger partial charge in [0.1, 0.15) is 5.52 Å². The summed E-state index contributed by atoms with van der Waals surface area (Å²) in [6, 6.07) is 1.98. The number of carbonyl (C=O) groups excluding carboxylic acids is 1. The molecule has 2 aromatic rings. The van der Waals surface area contributed by atoms with Gasteiger partial charge in [0.2, 0.25) is 5.91 Å². The molecule has 0 saturated carbocycles. The monoisotopic (exact) mass is 288 g/mol. The van der Waals surface area contributed by atoms with Crippen molar-refractivity contribution < 1.29 is 4.79 Å². The molecule has 1 amide bonds. The lowest BCUT2D eigenvalue weighted by Crippen LogP contribution is -2.49. The SMILES string of the molecule is Cc1cc2c(N(C)CC(=O)N3CCNCC3)nccn2n1. The highest BCUT2D eigenvalue weighted by Crippen LogP contribution is 2.18. The Hall–Kier alpha value is -2.15. The van der Waals surface area contributed by atoms with Gasteiger partial charge in [-0.25, -0.2) is 9.50 Å². The minimum absolute atomic E-state index is 0.138. The molecular formula is C14H20N6O. The Bertz CT molecular complexity index is 646. The second-order valence-corrected chi connectivity index (χ2v) is 5.35. The summed E-state index contributed by atoms with van der Waals surface area (Å²) in [6.07, 6.45) is 3.53. The lowest BCUT2D eigenvalue weighted by Gasteiger charge is -2.29. The summed E-state index contributed by atoms with van der Waals surface area (Å²) in [4.78, 5) is 20.5. The van der Waals surface area contributed by atoms with Gasteiger partial charge in [-0.2, -0.15) is 5.10 Å². The highest BCUT2D eigenvalue weighted by Gasteiger charge is 2.19.